The Hall–Kier alpha value is -3.22. The van der Waals surface area contributed by atoms with Crippen molar-refractivity contribution < 1.29 is 22.7 Å². The van der Waals surface area contributed by atoms with Crippen LogP contribution in [0.2, 0.25) is 0 Å². The van der Waals surface area contributed by atoms with Crippen LogP contribution in [0.5, 0.6) is 5.75 Å². The van der Waals surface area contributed by atoms with Crippen LogP contribution >= 0.6 is 0 Å². The number of carbonyl (C=O) groups is 1. The quantitative estimate of drug-likeness (QED) is 0.644. The van der Waals surface area contributed by atoms with Gasteiger partial charge in [0, 0.05) is 24.9 Å². The van der Waals surface area contributed by atoms with E-state index in [4.69, 9.17) is 4.42 Å². The summed E-state index contributed by atoms with van der Waals surface area (Å²) in [6, 6.07) is 15.7. The van der Waals surface area contributed by atoms with E-state index in [1.54, 1.807) is 18.3 Å². The first-order chi connectivity index (χ1) is 13.1. The van der Waals surface area contributed by atoms with Crippen molar-refractivity contribution in [1.29, 1.82) is 0 Å². The summed E-state index contributed by atoms with van der Waals surface area (Å²) in [5.41, 5.74) is 1.72. The van der Waals surface area contributed by atoms with E-state index in [0.717, 1.165) is 11.1 Å². The van der Waals surface area contributed by atoms with Crippen molar-refractivity contribution in [2.75, 3.05) is 0 Å². The molecule has 0 saturated carbocycles. The maximum atomic E-state index is 12.1. The van der Waals surface area contributed by atoms with E-state index >= 15 is 0 Å². The van der Waals surface area contributed by atoms with Crippen molar-refractivity contribution in [3.8, 4) is 17.1 Å². The number of amides is 1. The van der Waals surface area contributed by atoms with Gasteiger partial charge in [-0.2, -0.15) is 8.78 Å². The molecule has 7 heteroatoms. The Morgan fingerprint density at radius 3 is 2.56 bits per heavy atom. The average Bonchev–Trinajstić information content (AvgIpc) is 3.15. The van der Waals surface area contributed by atoms with E-state index < -0.39 is 6.61 Å². The van der Waals surface area contributed by atoms with E-state index in [2.05, 4.69) is 15.0 Å². The summed E-state index contributed by atoms with van der Waals surface area (Å²) in [7, 11) is 0. The van der Waals surface area contributed by atoms with Gasteiger partial charge in [-0.05, 0) is 17.7 Å². The lowest BCUT2D eigenvalue weighted by atomic mass is 10.2. The zero-order valence-electron chi connectivity index (χ0n) is 14.4. The molecule has 3 rings (SSSR count). The molecule has 27 heavy (non-hydrogen) atoms. The Balaban J connectivity index is 1.44. The van der Waals surface area contributed by atoms with E-state index in [1.807, 2.05) is 30.3 Å². The molecule has 0 atom stereocenters. The molecule has 3 aromatic rings. The van der Waals surface area contributed by atoms with E-state index in [0.29, 0.717) is 24.6 Å². The Kier molecular flexibility index (Phi) is 6.14. The standard InChI is InChI=1S/C20H18F2N2O3/c21-20(22)26-16-8-6-14(7-9-16)12-23-18(25)10-11-19-24-13-17(27-19)15-4-2-1-3-5-15/h1-9,13,20H,10-12H2,(H,23,25). The highest BCUT2D eigenvalue weighted by Crippen LogP contribution is 2.20. The number of nitrogens with zero attached hydrogens (tertiary/aromatic N) is 1. The summed E-state index contributed by atoms with van der Waals surface area (Å²) in [6.07, 6.45) is 2.27. The molecule has 1 aromatic heterocycles. The summed E-state index contributed by atoms with van der Waals surface area (Å²) in [5.74, 6) is 1.09. The Labute approximate surface area is 155 Å². The van der Waals surface area contributed by atoms with E-state index in [1.165, 1.54) is 12.1 Å². The predicted octanol–water partition coefficient (Wildman–Crippen LogP) is 4.19. The van der Waals surface area contributed by atoms with Crippen LogP contribution in [0.25, 0.3) is 11.3 Å². The van der Waals surface area contributed by atoms with E-state index in [-0.39, 0.29) is 18.1 Å². The Bertz CT molecular complexity index is 864. The molecular formula is C20H18F2N2O3. The fraction of sp³-hybridized carbons (Fsp3) is 0.200. The van der Waals surface area contributed by atoms with Crippen molar-refractivity contribution >= 4 is 5.91 Å². The molecule has 0 unspecified atom stereocenters. The van der Waals surface area contributed by atoms with Crippen LogP contribution in [0.3, 0.4) is 0 Å². The first-order valence-corrected chi connectivity index (χ1v) is 8.41. The van der Waals surface area contributed by atoms with Gasteiger partial charge in [-0.25, -0.2) is 4.98 Å². The normalized spacial score (nSPS) is 10.8. The minimum Gasteiger partial charge on any atom is -0.441 e. The SMILES string of the molecule is O=C(CCc1ncc(-c2ccccc2)o1)NCc1ccc(OC(F)F)cc1. The molecule has 2 aromatic carbocycles. The molecule has 1 heterocycles. The molecule has 1 amide bonds. The highest BCUT2D eigenvalue weighted by atomic mass is 19.3. The third-order valence-corrected chi connectivity index (χ3v) is 3.82. The van der Waals surface area contributed by atoms with Gasteiger partial charge in [-0.1, -0.05) is 42.5 Å². The second kappa shape index (κ2) is 8.93. The number of carbonyl (C=O) groups excluding carboxylic acids is 1. The highest BCUT2D eigenvalue weighted by molar-refractivity contribution is 5.76. The topological polar surface area (TPSA) is 64.4 Å². The smallest absolute Gasteiger partial charge is 0.387 e. The molecule has 0 bridgehead atoms. The van der Waals surface area contributed by atoms with Crippen LogP contribution in [0.15, 0.2) is 65.2 Å². The van der Waals surface area contributed by atoms with Gasteiger partial charge in [0.15, 0.2) is 11.7 Å². The molecule has 0 fully saturated rings. The van der Waals surface area contributed by atoms with Gasteiger partial charge in [0.05, 0.1) is 6.20 Å². The van der Waals surface area contributed by atoms with Crippen molar-refractivity contribution in [2.45, 2.75) is 26.0 Å². The number of nitrogens with one attached hydrogen (secondary N) is 1. The second-order valence-corrected chi connectivity index (χ2v) is 5.78. The third kappa shape index (κ3) is 5.64. The van der Waals surface area contributed by atoms with Gasteiger partial charge in [0.2, 0.25) is 5.91 Å². The molecule has 5 nitrogen and oxygen atoms in total. The van der Waals surface area contributed by atoms with Crippen LogP contribution < -0.4 is 10.1 Å². The lowest BCUT2D eigenvalue weighted by Crippen LogP contribution is -2.23. The van der Waals surface area contributed by atoms with Crippen LogP contribution in [-0.4, -0.2) is 17.5 Å². The molecule has 0 saturated heterocycles. The molecule has 1 N–H and O–H groups in total. The lowest BCUT2D eigenvalue weighted by Gasteiger charge is -2.07. The number of ether oxygens (including phenoxy) is 1. The lowest BCUT2D eigenvalue weighted by molar-refractivity contribution is -0.121. The number of hydrogen-bond acceptors (Lipinski definition) is 4. The number of oxazole rings is 1. The van der Waals surface area contributed by atoms with Gasteiger partial charge in [-0.15, -0.1) is 0 Å². The van der Waals surface area contributed by atoms with Gasteiger partial charge in [0.1, 0.15) is 5.75 Å². The summed E-state index contributed by atoms with van der Waals surface area (Å²) < 4.78 is 34.2. The highest BCUT2D eigenvalue weighted by Gasteiger charge is 2.09. The summed E-state index contributed by atoms with van der Waals surface area (Å²) >= 11 is 0. The second-order valence-electron chi connectivity index (χ2n) is 5.78. The van der Waals surface area contributed by atoms with Crippen LogP contribution in [0.4, 0.5) is 8.78 Å². The molecular weight excluding hydrogens is 354 g/mol. The van der Waals surface area contributed by atoms with Gasteiger partial charge >= 0.3 is 6.61 Å². The number of halogens is 2. The van der Waals surface area contributed by atoms with Crippen molar-refractivity contribution in [1.82, 2.24) is 10.3 Å². The zero-order valence-corrected chi connectivity index (χ0v) is 14.4. The first kappa shape index (κ1) is 18.6. The van der Waals surface area contributed by atoms with Crippen LogP contribution in [0, 0.1) is 0 Å². The zero-order chi connectivity index (χ0) is 19.1. The summed E-state index contributed by atoms with van der Waals surface area (Å²) in [6.45, 7) is -2.55. The van der Waals surface area contributed by atoms with Crippen molar-refractivity contribution in [3.63, 3.8) is 0 Å². The van der Waals surface area contributed by atoms with Gasteiger partial charge < -0.3 is 14.5 Å². The van der Waals surface area contributed by atoms with Gasteiger partial charge in [0.25, 0.3) is 0 Å². The monoisotopic (exact) mass is 372 g/mol. The maximum Gasteiger partial charge on any atom is 0.387 e. The average molecular weight is 372 g/mol. The number of alkyl halides is 2. The van der Waals surface area contributed by atoms with Crippen molar-refractivity contribution in [2.24, 2.45) is 0 Å². The fourth-order valence-corrected chi connectivity index (χ4v) is 2.46. The first-order valence-electron chi connectivity index (χ1n) is 8.41. The number of hydrogen-bond donors (Lipinski definition) is 1. The minimum absolute atomic E-state index is 0.0817. The molecule has 0 aliphatic heterocycles. The Morgan fingerprint density at radius 1 is 1.11 bits per heavy atom. The number of benzene rings is 2. The fourth-order valence-electron chi connectivity index (χ4n) is 2.46. The predicted molar refractivity (Wildman–Crippen MR) is 95.2 cm³/mol. The summed E-state index contributed by atoms with van der Waals surface area (Å²) in [4.78, 5) is 16.2. The number of aryl methyl sites for hydroxylation is 1. The van der Waals surface area contributed by atoms with Crippen molar-refractivity contribution in [3.05, 3.63) is 72.2 Å². The number of rotatable bonds is 8. The molecule has 0 aliphatic rings. The minimum atomic E-state index is -2.85. The van der Waals surface area contributed by atoms with Gasteiger partial charge in [-0.3, -0.25) is 4.79 Å². The summed E-state index contributed by atoms with van der Waals surface area (Å²) in [5, 5.41) is 2.77. The number of aromatic nitrogens is 1. The van der Waals surface area contributed by atoms with Crippen LogP contribution in [0.1, 0.15) is 17.9 Å². The van der Waals surface area contributed by atoms with E-state index in [9.17, 15) is 13.6 Å². The molecule has 0 spiro atoms. The maximum absolute atomic E-state index is 12.1. The molecule has 0 aliphatic carbocycles. The Morgan fingerprint density at radius 2 is 1.85 bits per heavy atom. The molecule has 0 radical (unpaired) electrons. The largest absolute Gasteiger partial charge is 0.441 e. The third-order valence-electron chi connectivity index (χ3n) is 3.82. The van der Waals surface area contributed by atoms with Crippen LogP contribution in [-0.2, 0) is 17.8 Å². The molecule has 140 valence electrons.